The van der Waals surface area contributed by atoms with Crippen LogP contribution in [0.3, 0.4) is 0 Å². The Labute approximate surface area is 112 Å². The fraction of sp³-hybridized carbons (Fsp3) is 0.923. The maximum Gasteiger partial charge on any atom is 0.393 e. The Hall–Kier alpha value is -0.780. The predicted octanol–water partition coefficient (Wildman–Crippen LogP) is 2.55. The first-order chi connectivity index (χ1) is 8.37. The maximum atomic E-state index is 12.7. The van der Waals surface area contributed by atoms with Crippen LogP contribution in [0.1, 0.15) is 40.5 Å². The van der Waals surface area contributed by atoms with E-state index in [9.17, 15) is 18.0 Å². The molecule has 112 valence electrons. The summed E-state index contributed by atoms with van der Waals surface area (Å²) in [6.45, 7) is 6.94. The Morgan fingerprint density at radius 3 is 2.16 bits per heavy atom. The molecule has 1 aliphatic heterocycles. The Morgan fingerprint density at radius 1 is 1.21 bits per heavy atom. The molecule has 0 aromatic carbocycles. The molecular formula is C13H23F3N2O. The summed E-state index contributed by atoms with van der Waals surface area (Å²) in [6.07, 6.45) is -3.75. The number of carbonyl (C=O) groups is 1. The van der Waals surface area contributed by atoms with E-state index in [0.717, 1.165) is 0 Å². The molecule has 1 amide bonds. The van der Waals surface area contributed by atoms with Crippen LogP contribution in [0, 0.1) is 11.3 Å². The van der Waals surface area contributed by atoms with Crippen molar-refractivity contribution in [2.75, 3.05) is 13.1 Å². The van der Waals surface area contributed by atoms with E-state index in [2.05, 4.69) is 0 Å². The van der Waals surface area contributed by atoms with Crippen LogP contribution >= 0.6 is 0 Å². The molecule has 3 nitrogen and oxygen atoms in total. The summed E-state index contributed by atoms with van der Waals surface area (Å²) in [5.41, 5.74) is 4.30. The lowest BCUT2D eigenvalue weighted by atomic mass is 9.73. The van der Waals surface area contributed by atoms with Gasteiger partial charge in [0.1, 0.15) is 0 Å². The quantitative estimate of drug-likeness (QED) is 0.845. The van der Waals surface area contributed by atoms with Crippen LogP contribution in [-0.4, -0.2) is 35.6 Å². The second-order valence-electron chi connectivity index (χ2n) is 6.48. The van der Waals surface area contributed by atoms with E-state index < -0.39 is 23.0 Å². The molecule has 0 saturated carbocycles. The molecule has 0 bridgehead atoms. The van der Waals surface area contributed by atoms with Crippen molar-refractivity contribution >= 4 is 5.91 Å². The number of nitrogens with zero attached hydrogens (tertiary/aromatic N) is 1. The Morgan fingerprint density at radius 2 is 1.74 bits per heavy atom. The highest BCUT2D eigenvalue weighted by atomic mass is 19.4. The summed E-state index contributed by atoms with van der Waals surface area (Å²) >= 11 is 0. The van der Waals surface area contributed by atoms with Gasteiger partial charge in [0, 0.05) is 18.6 Å². The minimum Gasteiger partial charge on any atom is -0.342 e. The zero-order valence-corrected chi connectivity index (χ0v) is 12.0. The van der Waals surface area contributed by atoms with Gasteiger partial charge in [0.15, 0.2) is 0 Å². The smallest absolute Gasteiger partial charge is 0.342 e. The van der Waals surface area contributed by atoms with Gasteiger partial charge in [0.25, 0.3) is 0 Å². The van der Waals surface area contributed by atoms with Crippen molar-refractivity contribution in [2.45, 2.75) is 52.3 Å². The van der Waals surface area contributed by atoms with E-state index >= 15 is 0 Å². The monoisotopic (exact) mass is 280 g/mol. The summed E-state index contributed by atoms with van der Waals surface area (Å²) in [5.74, 6) is -1.71. The van der Waals surface area contributed by atoms with Gasteiger partial charge >= 0.3 is 6.18 Å². The summed E-state index contributed by atoms with van der Waals surface area (Å²) in [7, 11) is 0. The van der Waals surface area contributed by atoms with Gasteiger partial charge in [-0.05, 0) is 40.5 Å². The van der Waals surface area contributed by atoms with E-state index in [1.165, 1.54) is 4.90 Å². The molecule has 0 spiro atoms. The summed E-state index contributed by atoms with van der Waals surface area (Å²) < 4.78 is 38.2. The molecule has 6 heteroatoms. The lowest BCUT2D eigenvalue weighted by Crippen LogP contribution is -2.58. The molecule has 1 unspecified atom stereocenters. The van der Waals surface area contributed by atoms with Gasteiger partial charge in [-0.1, -0.05) is 0 Å². The first-order valence-corrected chi connectivity index (χ1v) is 6.52. The third-order valence-electron chi connectivity index (χ3n) is 4.32. The van der Waals surface area contributed by atoms with Gasteiger partial charge in [-0.15, -0.1) is 0 Å². The fourth-order valence-corrected chi connectivity index (χ4v) is 2.10. The average molecular weight is 280 g/mol. The molecule has 0 aliphatic carbocycles. The van der Waals surface area contributed by atoms with Gasteiger partial charge in [0.05, 0.1) is 11.3 Å². The number of hydrogen-bond donors (Lipinski definition) is 1. The number of carbonyl (C=O) groups excluding carboxylic acids is 1. The van der Waals surface area contributed by atoms with Crippen LogP contribution in [0.4, 0.5) is 13.2 Å². The average Bonchev–Trinajstić information content (AvgIpc) is 2.25. The van der Waals surface area contributed by atoms with Crippen molar-refractivity contribution < 1.29 is 18.0 Å². The standard InChI is InChI=1S/C13H23F3N2O/c1-11(2,12(3,4)17)10(19)18-7-5-6-9(8-18)13(14,15)16/h9H,5-8,17H2,1-4H3. The molecule has 1 fully saturated rings. The van der Waals surface area contributed by atoms with Gasteiger partial charge in [-0.3, -0.25) is 4.79 Å². The minimum absolute atomic E-state index is 0.0970. The van der Waals surface area contributed by atoms with Crippen molar-refractivity contribution in [3.8, 4) is 0 Å². The molecule has 1 aliphatic rings. The number of likely N-dealkylation sites (tertiary alicyclic amines) is 1. The van der Waals surface area contributed by atoms with Crippen LogP contribution in [0.25, 0.3) is 0 Å². The number of rotatable bonds is 2. The first-order valence-electron chi connectivity index (χ1n) is 6.52. The lowest BCUT2D eigenvalue weighted by Gasteiger charge is -2.43. The van der Waals surface area contributed by atoms with Crippen LogP contribution in [0.2, 0.25) is 0 Å². The van der Waals surface area contributed by atoms with E-state index in [0.29, 0.717) is 13.0 Å². The highest BCUT2D eigenvalue weighted by Gasteiger charge is 2.47. The van der Waals surface area contributed by atoms with Crippen LogP contribution in [0.15, 0.2) is 0 Å². The van der Waals surface area contributed by atoms with Crippen molar-refractivity contribution in [1.82, 2.24) is 4.90 Å². The SMILES string of the molecule is CC(C)(N)C(C)(C)C(=O)N1CCCC(C(F)(F)F)C1. The second-order valence-corrected chi connectivity index (χ2v) is 6.48. The third-order valence-corrected chi connectivity index (χ3v) is 4.32. The molecule has 1 saturated heterocycles. The first kappa shape index (κ1) is 16.3. The number of amides is 1. The Balaban J connectivity index is 2.84. The summed E-state index contributed by atoms with van der Waals surface area (Å²) in [4.78, 5) is 13.7. The van der Waals surface area contributed by atoms with E-state index in [1.807, 2.05) is 0 Å². The molecule has 19 heavy (non-hydrogen) atoms. The van der Waals surface area contributed by atoms with Gasteiger partial charge in [-0.2, -0.15) is 13.2 Å². The zero-order valence-electron chi connectivity index (χ0n) is 12.0. The number of alkyl halides is 3. The van der Waals surface area contributed by atoms with Gasteiger partial charge in [0.2, 0.25) is 5.91 Å². The number of halogens is 3. The predicted molar refractivity (Wildman–Crippen MR) is 67.4 cm³/mol. The molecule has 1 rings (SSSR count). The van der Waals surface area contributed by atoms with E-state index in [4.69, 9.17) is 5.73 Å². The summed E-state index contributed by atoms with van der Waals surface area (Å²) in [5, 5.41) is 0. The molecular weight excluding hydrogens is 257 g/mol. The van der Waals surface area contributed by atoms with Crippen LogP contribution < -0.4 is 5.73 Å². The molecule has 1 heterocycles. The van der Waals surface area contributed by atoms with Crippen LogP contribution in [-0.2, 0) is 4.79 Å². The molecule has 1 atom stereocenters. The molecule has 0 aromatic rings. The molecule has 2 N–H and O–H groups in total. The third kappa shape index (κ3) is 3.41. The van der Waals surface area contributed by atoms with Crippen molar-refractivity contribution in [3.63, 3.8) is 0 Å². The largest absolute Gasteiger partial charge is 0.393 e. The topological polar surface area (TPSA) is 46.3 Å². The Kier molecular flexibility index (Phi) is 4.25. The van der Waals surface area contributed by atoms with Gasteiger partial charge < -0.3 is 10.6 Å². The van der Waals surface area contributed by atoms with Crippen molar-refractivity contribution in [2.24, 2.45) is 17.1 Å². The normalized spacial score (nSPS) is 22.5. The number of piperidine rings is 1. The van der Waals surface area contributed by atoms with Crippen molar-refractivity contribution in [1.29, 1.82) is 0 Å². The fourth-order valence-electron chi connectivity index (χ4n) is 2.10. The summed E-state index contributed by atoms with van der Waals surface area (Å²) in [6, 6.07) is 0. The highest BCUT2D eigenvalue weighted by Crippen LogP contribution is 2.36. The highest BCUT2D eigenvalue weighted by molar-refractivity contribution is 5.83. The Bertz CT molecular complexity index is 345. The van der Waals surface area contributed by atoms with Gasteiger partial charge in [-0.25, -0.2) is 0 Å². The zero-order chi connectivity index (χ0) is 15.1. The number of nitrogens with two attached hydrogens (primary N) is 1. The minimum atomic E-state index is -4.23. The van der Waals surface area contributed by atoms with Crippen LogP contribution in [0.5, 0.6) is 0 Å². The lowest BCUT2D eigenvalue weighted by molar-refractivity contribution is -0.190. The second kappa shape index (κ2) is 4.96. The number of hydrogen-bond acceptors (Lipinski definition) is 2. The maximum absolute atomic E-state index is 12.7. The molecule has 0 radical (unpaired) electrons. The molecule has 0 aromatic heterocycles. The van der Waals surface area contributed by atoms with E-state index in [-0.39, 0.29) is 18.9 Å². The van der Waals surface area contributed by atoms with Crippen molar-refractivity contribution in [3.05, 3.63) is 0 Å². The van der Waals surface area contributed by atoms with E-state index in [1.54, 1.807) is 27.7 Å².